The average Bonchev–Trinajstić information content (AvgIpc) is 1.99. The first-order valence-electron chi connectivity index (χ1n) is 4.33. The van der Waals surface area contributed by atoms with Gasteiger partial charge >= 0.3 is 0 Å². The van der Waals surface area contributed by atoms with Gasteiger partial charge in [-0.3, -0.25) is 0 Å². The molecule has 1 N–H and O–H groups in total. The molecule has 1 aliphatic rings. The third-order valence-electron chi connectivity index (χ3n) is 2.25. The Bertz CT molecular complexity index is 310. The minimum atomic E-state index is 0.547. The van der Waals surface area contributed by atoms with Crippen LogP contribution in [-0.4, -0.2) is 11.0 Å². The second kappa shape index (κ2) is 3.72. The van der Waals surface area contributed by atoms with Crippen LogP contribution in [0.5, 0.6) is 0 Å². The Morgan fingerprint density at radius 1 is 1.38 bits per heavy atom. The number of aromatic nitrogens is 1. The molecule has 0 aliphatic heterocycles. The Morgan fingerprint density at radius 2 is 2.15 bits per heavy atom. The smallest absolute Gasteiger partial charge is 0.145 e. The first kappa shape index (κ1) is 9.10. The van der Waals surface area contributed by atoms with Crippen LogP contribution < -0.4 is 5.32 Å². The molecule has 2 rings (SSSR count). The van der Waals surface area contributed by atoms with Gasteiger partial charge in [-0.15, -0.1) is 0 Å². The maximum absolute atomic E-state index is 5.95. The summed E-state index contributed by atoms with van der Waals surface area (Å²) in [7, 11) is 0. The molecular weight excluding hydrogens is 207 g/mol. The van der Waals surface area contributed by atoms with Crippen LogP contribution >= 0.6 is 23.2 Å². The van der Waals surface area contributed by atoms with E-state index in [4.69, 9.17) is 23.2 Å². The number of hydrogen-bond donors (Lipinski definition) is 1. The van der Waals surface area contributed by atoms with Gasteiger partial charge in [-0.2, -0.15) is 0 Å². The summed E-state index contributed by atoms with van der Waals surface area (Å²) in [6.07, 6.45) is 5.32. The van der Waals surface area contributed by atoms with Gasteiger partial charge in [0.15, 0.2) is 0 Å². The van der Waals surface area contributed by atoms with Gasteiger partial charge in [0.1, 0.15) is 5.82 Å². The molecule has 1 fully saturated rings. The predicted octanol–water partition coefficient (Wildman–Crippen LogP) is 3.35. The maximum Gasteiger partial charge on any atom is 0.145 e. The van der Waals surface area contributed by atoms with E-state index in [1.54, 1.807) is 12.3 Å². The summed E-state index contributed by atoms with van der Waals surface area (Å²) in [6.45, 7) is 0. The van der Waals surface area contributed by atoms with E-state index in [0.29, 0.717) is 16.1 Å². The molecule has 0 radical (unpaired) electrons. The zero-order chi connectivity index (χ0) is 9.26. The van der Waals surface area contributed by atoms with E-state index in [9.17, 15) is 0 Å². The fourth-order valence-electron chi connectivity index (χ4n) is 1.27. The van der Waals surface area contributed by atoms with Crippen LogP contribution in [0.4, 0.5) is 5.82 Å². The summed E-state index contributed by atoms with van der Waals surface area (Å²) in [5.41, 5.74) is 0. The molecule has 4 heteroatoms. The van der Waals surface area contributed by atoms with E-state index in [1.165, 1.54) is 19.3 Å². The van der Waals surface area contributed by atoms with Crippen molar-refractivity contribution in [2.75, 3.05) is 5.32 Å². The highest BCUT2D eigenvalue weighted by Crippen LogP contribution is 2.27. The SMILES string of the molecule is Clc1cnc(NC2CCC2)c(Cl)c1. The van der Waals surface area contributed by atoms with Crippen molar-refractivity contribution >= 4 is 29.0 Å². The van der Waals surface area contributed by atoms with Crippen LogP contribution in [0.15, 0.2) is 12.3 Å². The number of rotatable bonds is 2. The van der Waals surface area contributed by atoms with Gasteiger partial charge in [0, 0.05) is 12.2 Å². The van der Waals surface area contributed by atoms with Crippen LogP contribution in [-0.2, 0) is 0 Å². The molecule has 1 aromatic heterocycles. The fourth-order valence-corrected chi connectivity index (χ4v) is 1.70. The van der Waals surface area contributed by atoms with E-state index < -0.39 is 0 Å². The minimum Gasteiger partial charge on any atom is -0.366 e. The topological polar surface area (TPSA) is 24.9 Å². The molecule has 1 aliphatic carbocycles. The van der Waals surface area contributed by atoms with Gasteiger partial charge in [0.2, 0.25) is 0 Å². The molecule has 0 bridgehead atoms. The van der Waals surface area contributed by atoms with Crippen molar-refractivity contribution in [1.29, 1.82) is 0 Å². The number of nitrogens with one attached hydrogen (secondary N) is 1. The highest BCUT2D eigenvalue weighted by Gasteiger charge is 2.18. The number of halogens is 2. The molecule has 0 amide bonds. The first-order valence-corrected chi connectivity index (χ1v) is 5.09. The van der Waals surface area contributed by atoms with Gasteiger partial charge in [0.05, 0.1) is 10.0 Å². The molecule has 1 saturated carbocycles. The minimum absolute atomic E-state index is 0.547. The Hall–Kier alpha value is -0.470. The Balaban J connectivity index is 2.10. The summed E-state index contributed by atoms with van der Waals surface area (Å²) >= 11 is 11.7. The molecule has 2 nitrogen and oxygen atoms in total. The largest absolute Gasteiger partial charge is 0.366 e. The zero-order valence-electron chi connectivity index (χ0n) is 7.06. The molecule has 0 saturated heterocycles. The third kappa shape index (κ3) is 2.06. The van der Waals surface area contributed by atoms with Crippen molar-refractivity contribution in [2.45, 2.75) is 25.3 Å². The maximum atomic E-state index is 5.95. The van der Waals surface area contributed by atoms with Crippen molar-refractivity contribution in [3.63, 3.8) is 0 Å². The van der Waals surface area contributed by atoms with Crippen molar-refractivity contribution in [3.8, 4) is 0 Å². The molecule has 70 valence electrons. The van der Waals surface area contributed by atoms with Crippen molar-refractivity contribution in [1.82, 2.24) is 4.98 Å². The molecule has 1 heterocycles. The van der Waals surface area contributed by atoms with Gasteiger partial charge in [0.25, 0.3) is 0 Å². The summed E-state index contributed by atoms with van der Waals surface area (Å²) in [5, 5.41) is 4.44. The summed E-state index contributed by atoms with van der Waals surface area (Å²) < 4.78 is 0. The lowest BCUT2D eigenvalue weighted by molar-refractivity contribution is 0.444. The second-order valence-electron chi connectivity index (χ2n) is 3.26. The van der Waals surface area contributed by atoms with Crippen LogP contribution in [0.25, 0.3) is 0 Å². The number of pyridine rings is 1. The van der Waals surface area contributed by atoms with Crippen LogP contribution in [0.3, 0.4) is 0 Å². The van der Waals surface area contributed by atoms with Crippen molar-refractivity contribution < 1.29 is 0 Å². The van der Waals surface area contributed by atoms with E-state index in [0.717, 1.165) is 5.82 Å². The summed E-state index contributed by atoms with van der Waals surface area (Å²) in [4.78, 5) is 4.12. The predicted molar refractivity (Wildman–Crippen MR) is 55.5 cm³/mol. The molecule has 0 aromatic carbocycles. The van der Waals surface area contributed by atoms with E-state index in [-0.39, 0.29) is 0 Å². The van der Waals surface area contributed by atoms with Crippen molar-refractivity contribution in [3.05, 3.63) is 22.3 Å². The quantitative estimate of drug-likeness (QED) is 0.821. The Labute approximate surface area is 87.3 Å². The molecule has 1 aromatic rings. The van der Waals surface area contributed by atoms with E-state index in [2.05, 4.69) is 10.3 Å². The van der Waals surface area contributed by atoms with Crippen molar-refractivity contribution in [2.24, 2.45) is 0 Å². The fraction of sp³-hybridized carbons (Fsp3) is 0.444. The zero-order valence-corrected chi connectivity index (χ0v) is 8.57. The number of anilines is 1. The molecule has 13 heavy (non-hydrogen) atoms. The molecule has 0 spiro atoms. The third-order valence-corrected chi connectivity index (χ3v) is 2.75. The lowest BCUT2D eigenvalue weighted by Gasteiger charge is -2.27. The van der Waals surface area contributed by atoms with Gasteiger partial charge in [-0.25, -0.2) is 4.98 Å². The molecule has 0 unspecified atom stereocenters. The van der Waals surface area contributed by atoms with Gasteiger partial charge in [-0.1, -0.05) is 23.2 Å². The standard InChI is InChI=1S/C9H10Cl2N2/c10-6-4-8(11)9(12-5-6)13-7-2-1-3-7/h4-5,7H,1-3H2,(H,12,13). The molecule has 0 atom stereocenters. The van der Waals surface area contributed by atoms with Gasteiger partial charge in [-0.05, 0) is 25.3 Å². The number of hydrogen-bond acceptors (Lipinski definition) is 2. The lowest BCUT2D eigenvalue weighted by atomic mass is 9.93. The summed E-state index contributed by atoms with van der Waals surface area (Å²) in [5.74, 6) is 0.746. The van der Waals surface area contributed by atoms with Gasteiger partial charge < -0.3 is 5.32 Å². The Kier molecular flexibility index (Phi) is 2.61. The monoisotopic (exact) mass is 216 g/mol. The van der Waals surface area contributed by atoms with E-state index >= 15 is 0 Å². The molecular formula is C9H10Cl2N2. The Morgan fingerprint density at radius 3 is 2.69 bits per heavy atom. The van der Waals surface area contributed by atoms with Crippen LogP contribution in [0.1, 0.15) is 19.3 Å². The normalized spacial score (nSPS) is 16.8. The van der Waals surface area contributed by atoms with Crippen LogP contribution in [0.2, 0.25) is 10.0 Å². The first-order chi connectivity index (χ1) is 6.25. The number of nitrogens with zero attached hydrogens (tertiary/aromatic N) is 1. The second-order valence-corrected chi connectivity index (χ2v) is 4.10. The highest BCUT2D eigenvalue weighted by atomic mass is 35.5. The average molecular weight is 217 g/mol. The van der Waals surface area contributed by atoms with E-state index in [1.807, 2.05) is 0 Å². The lowest BCUT2D eigenvalue weighted by Crippen LogP contribution is -2.27. The highest BCUT2D eigenvalue weighted by molar-refractivity contribution is 6.35. The summed E-state index contributed by atoms with van der Waals surface area (Å²) in [6, 6.07) is 2.25. The van der Waals surface area contributed by atoms with Crippen LogP contribution in [0, 0.1) is 0 Å².